The van der Waals surface area contributed by atoms with E-state index < -0.39 is 0 Å². The standard InChI is InChI=1S/C20H28N4O3/c1-20(2,3)21-19(25)23-9-6-10-24-15(13-23)12-16(22-24)14-7-8-17(26-4)18(11-14)27-5/h7-8,11-12H,6,9-10,13H2,1-5H3,(H,21,25). The minimum Gasteiger partial charge on any atom is -0.493 e. The highest BCUT2D eigenvalue weighted by Gasteiger charge is 2.24. The molecule has 2 amide bonds. The van der Waals surface area contributed by atoms with Crippen molar-refractivity contribution in [3.63, 3.8) is 0 Å². The molecule has 3 rings (SSSR count). The van der Waals surface area contributed by atoms with Crippen molar-refractivity contribution in [2.75, 3.05) is 20.8 Å². The van der Waals surface area contributed by atoms with E-state index >= 15 is 0 Å². The fourth-order valence-electron chi connectivity index (χ4n) is 3.17. The molecule has 0 fully saturated rings. The van der Waals surface area contributed by atoms with E-state index in [-0.39, 0.29) is 11.6 Å². The number of urea groups is 1. The Morgan fingerprint density at radius 1 is 1.11 bits per heavy atom. The van der Waals surface area contributed by atoms with Crippen molar-refractivity contribution >= 4 is 6.03 Å². The Balaban J connectivity index is 1.84. The minimum atomic E-state index is -0.256. The Hall–Kier alpha value is -2.70. The monoisotopic (exact) mass is 372 g/mol. The molecule has 0 atom stereocenters. The third-order valence-corrected chi connectivity index (χ3v) is 4.46. The average Bonchev–Trinajstić information content (AvgIpc) is 2.91. The zero-order valence-electron chi connectivity index (χ0n) is 16.7. The van der Waals surface area contributed by atoms with Gasteiger partial charge in [0.25, 0.3) is 0 Å². The molecule has 27 heavy (non-hydrogen) atoms. The van der Waals surface area contributed by atoms with Gasteiger partial charge in [0.05, 0.1) is 32.2 Å². The topological polar surface area (TPSA) is 68.6 Å². The number of ether oxygens (including phenoxy) is 2. The third kappa shape index (κ3) is 4.35. The lowest BCUT2D eigenvalue weighted by Crippen LogP contribution is -2.48. The number of nitrogens with one attached hydrogen (secondary N) is 1. The average molecular weight is 372 g/mol. The number of nitrogens with zero attached hydrogens (tertiary/aromatic N) is 3. The number of amides is 2. The molecule has 0 saturated carbocycles. The molecule has 0 unspecified atom stereocenters. The second kappa shape index (κ2) is 7.50. The normalized spacial score (nSPS) is 14.3. The number of aromatic nitrogens is 2. The number of hydrogen-bond acceptors (Lipinski definition) is 4. The highest BCUT2D eigenvalue weighted by molar-refractivity contribution is 5.75. The van der Waals surface area contributed by atoms with Gasteiger partial charge in [-0.3, -0.25) is 4.68 Å². The van der Waals surface area contributed by atoms with Crippen molar-refractivity contribution in [3.05, 3.63) is 30.0 Å². The van der Waals surface area contributed by atoms with Crippen LogP contribution in [-0.2, 0) is 13.1 Å². The lowest BCUT2D eigenvalue weighted by atomic mass is 10.1. The summed E-state index contributed by atoms with van der Waals surface area (Å²) in [5, 5.41) is 7.78. The van der Waals surface area contributed by atoms with E-state index in [0.29, 0.717) is 18.0 Å². The predicted octanol–water partition coefficient (Wildman–Crippen LogP) is 3.28. The van der Waals surface area contributed by atoms with Crippen molar-refractivity contribution in [1.29, 1.82) is 0 Å². The van der Waals surface area contributed by atoms with E-state index in [4.69, 9.17) is 14.6 Å². The second-order valence-corrected chi connectivity index (χ2v) is 7.77. The first-order valence-corrected chi connectivity index (χ1v) is 9.17. The summed E-state index contributed by atoms with van der Waals surface area (Å²) in [6.07, 6.45) is 0.873. The van der Waals surface area contributed by atoms with Crippen LogP contribution in [0.5, 0.6) is 11.5 Å². The minimum absolute atomic E-state index is 0.0372. The highest BCUT2D eigenvalue weighted by Crippen LogP contribution is 2.32. The maximum absolute atomic E-state index is 12.6. The summed E-state index contributed by atoms with van der Waals surface area (Å²) < 4.78 is 12.7. The molecule has 1 aromatic heterocycles. The number of methoxy groups -OCH3 is 2. The van der Waals surface area contributed by atoms with Crippen LogP contribution in [0.3, 0.4) is 0 Å². The molecule has 0 spiro atoms. The molecule has 0 radical (unpaired) electrons. The smallest absolute Gasteiger partial charge is 0.318 e. The Morgan fingerprint density at radius 3 is 2.52 bits per heavy atom. The van der Waals surface area contributed by atoms with Crippen LogP contribution in [0.15, 0.2) is 24.3 Å². The Morgan fingerprint density at radius 2 is 1.85 bits per heavy atom. The fraction of sp³-hybridized carbons (Fsp3) is 0.500. The van der Waals surface area contributed by atoms with Crippen LogP contribution in [0.4, 0.5) is 4.79 Å². The van der Waals surface area contributed by atoms with Crippen molar-refractivity contribution in [2.45, 2.75) is 45.8 Å². The molecule has 0 aliphatic carbocycles. The van der Waals surface area contributed by atoms with Crippen LogP contribution in [0, 0.1) is 0 Å². The Bertz CT molecular complexity index is 823. The van der Waals surface area contributed by atoms with Crippen LogP contribution < -0.4 is 14.8 Å². The van der Waals surface area contributed by atoms with Gasteiger partial charge < -0.3 is 19.7 Å². The number of carbonyl (C=O) groups excluding carboxylic acids is 1. The maximum Gasteiger partial charge on any atom is 0.318 e. The zero-order chi connectivity index (χ0) is 19.6. The predicted molar refractivity (Wildman–Crippen MR) is 104 cm³/mol. The molecule has 7 heteroatoms. The van der Waals surface area contributed by atoms with Gasteiger partial charge in [0, 0.05) is 24.2 Å². The summed E-state index contributed by atoms with van der Waals surface area (Å²) in [5.74, 6) is 1.36. The molecular weight excluding hydrogens is 344 g/mol. The van der Waals surface area contributed by atoms with E-state index in [1.54, 1.807) is 14.2 Å². The molecule has 0 saturated heterocycles. The number of aryl methyl sites for hydroxylation is 1. The van der Waals surface area contributed by atoms with Crippen molar-refractivity contribution in [1.82, 2.24) is 20.0 Å². The number of hydrogen-bond donors (Lipinski definition) is 1. The van der Waals surface area contributed by atoms with Crippen LogP contribution >= 0.6 is 0 Å². The fourth-order valence-corrected chi connectivity index (χ4v) is 3.17. The van der Waals surface area contributed by atoms with Crippen molar-refractivity contribution < 1.29 is 14.3 Å². The SMILES string of the molecule is COc1ccc(-c2cc3n(n2)CCCN(C(=O)NC(C)(C)C)C3)cc1OC. The van der Waals surface area contributed by atoms with Gasteiger partial charge in [-0.1, -0.05) is 0 Å². The van der Waals surface area contributed by atoms with Gasteiger partial charge >= 0.3 is 6.03 Å². The lowest BCUT2D eigenvalue weighted by Gasteiger charge is -2.27. The molecule has 146 valence electrons. The van der Waals surface area contributed by atoms with Gasteiger partial charge in [-0.2, -0.15) is 5.10 Å². The van der Waals surface area contributed by atoms with Gasteiger partial charge in [0.1, 0.15) is 0 Å². The first-order chi connectivity index (χ1) is 12.8. The van der Waals surface area contributed by atoms with E-state index in [0.717, 1.165) is 36.5 Å². The molecule has 1 aliphatic heterocycles. The van der Waals surface area contributed by atoms with Crippen LogP contribution in [-0.4, -0.2) is 47.0 Å². The lowest BCUT2D eigenvalue weighted by molar-refractivity contribution is 0.186. The van der Waals surface area contributed by atoms with Gasteiger partial charge in [-0.25, -0.2) is 4.79 Å². The molecule has 0 bridgehead atoms. The van der Waals surface area contributed by atoms with Crippen LogP contribution in [0.25, 0.3) is 11.3 Å². The van der Waals surface area contributed by atoms with Crippen LogP contribution in [0.1, 0.15) is 32.9 Å². The molecule has 1 aliphatic rings. The number of carbonyl (C=O) groups is 1. The van der Waals surface area contributed by atoms with E-state index in [1.165, 1.54) is 0 Å². The Labute approximate surface area is 160 Å². The van der Waals surface area contributed by atoms with Gasteiger partial charge in [0.15, 0.2) is 11.5 Å². The van der Waals surface area contributed by atoms with E-state index in [1.807, 2.05) is 54.6 Å². The molecule has 1 N–H and O–H groups in total. The number of benzene rings is 1. The number of rotatable bonds is 3. The van der Waals surface area contributed by atoms with Gasteiger partial charge in [0.2, 0.25) is 0 Å². The first kappa shape index (κ1) is 19.1. The second-order valence-electron chi connectivity index (χ2n) is 7.77. The van der Waals surface area contributed by atoms with Gasteiger partial charge in [-0.15, -0.1) is 0 Å². The summed E-state index contributed by atoms with van der Waals surface area (Å²) in [4.78, 5) is 14.4. The summed E-state index contributed by atoms with van der Waals surface area (Å²) in [7, 11) is 3.24. The Kier molecular flexibility index (Phi) is 5.30. The first-order valence-electron chi connectivity index (χ1n) is 9.17. The third-order valence-electron chi connectivity index (χ3n) is 4.46. The quantitative estimate of drug-likeness (QED) is 0.898. The zero-order valence-corrected chi connectivity index (χ0v) is 16.7. The molecule has 1 aromatic carbocycles. The van der Waals surface area contributed by atoms with E-state index in [9.17, 15) is 4.79 Å². The molecule has 2 aromatic rings. The van der Waals surface area contributed by atoms with Crippen molar-refractivity contribution in [2.24, 2.45) is 0 Å². The molecule has 2 heterocycles. The maximum atomic E-state index is 12.6. The largest absolute Gasteiger partial charge is 0.493 e. The molecular formula is C20H28N4O3. The summed E-state index contributed by atoms with van der Waals surface area (Å²) in [5.41, 5.74) is 2.60. The van der Waals surface area contributed by atoms with Gasteiger partial charge in [-0.05, 0) is 51.5 Å². The number of fused-ring (bicyclic) bond motifs is 1. The van der Waals surface area contributed by atoms with E-state index in [2.05, 4.69) is 5.32 Å². The van der Waals surface area contributed by atoms with Crippen molar-refractivity contribution in [3.8, 4) is 22.8 Å². The summed E-state index contributed by atoms with van der Waals surface area (Å²) >= 11 is 0. The summed E-state index contributed by atoms with van der Waals surface area (Å²) in [6.45, 7) is 8.02. The molecule has 7 nitrogen and oxygen atoms in total. The highest BCUT2D eigenvalue weighted by atomic mass is 16.5. The van der Waals surface area contributed by atoms with Crippen LogP contribution in [0.2, 0.25) is 0 Å². The summed E-state index contributed by atoms with van der Waals surface area (Å²) in [6, 6.07) is 7.77.